The lowest BCUT2D eigenvalue weighted by atomic mass is 10.1. The van der Waals surface area contributed by atoms with E-state index < -0.39 is 0 Å². The van der Waals surface area contributed by atoms with Crippen LogP contribution in [0.25, 0.3) is 11.1 Å². The average molecular weight is 446 g/mol. The molecule has 2 fully saturated rings. The van der Waals surface area contributed by atoms with Gasteiger partial charge < -0.3 is 20.0 Å². The average Bonchev–Trinajstić information content (AvgIpc) is 3.30. The van der Waals surface area contributed by atoms with E-state index in [0.717, 1.165) is 49.1 Å². The summed E-state index contributed by atoms with van der Waals surface area (Å²) in [6, 6.07) is 8.21. The predicted octanol–water partition coefficient (Wildman–Crippen LogP) is 3.62. The Kier molecular flexibility index (Phi) is 5.77. The molecule has 1 atom stereocenters. The molecule has 1 unspecified atom stereocenters. The normalized spacial score (nSPS) is 19.2. The number of aliphatic imine (C=N–C) groups is 1. The third kappa shape index (κ3) is 4.57. The van der Waals surface area contributed by atoms with Gasteiger partial charge in [-0.25, -0.2) is 4.98 Å². The zero-order valence-electron chi connectivity index (χ0n) is 18.8. The number of anilines is 2. The molecule has 9 heteroatoms. The molecule has 0 aromatic carbocycles. The summed E-state index contributed by atoms with van der Waals surface area (Å²) in [6.45, 7) is 2.73. The van der Waals surface area contributed by atoms with Gasteiger partial charge in [-0.05, 0) is 50.8 Å². The van der Waals surface area contributed by atoms with E-state index >= 15 is 0 Å². The maximum Gasteiger partial charge on any atom is 0.269 e. The van der Waals surface area contributed by atoms with Gasteiger partial charge in [-0.3, -0.25) is 14.8 Å². The first-order valence-electron chi connectivity index (χ1n) is 11.3. The van der Waals surface area contributed by atoms with Gasteiger partial charge in [-0.2, -0.15) is 4.98 Å². The van der Waals surface area contributed by atoms with Gasteiger partial charge >= 0.3 is 0 Å². The van der Waals surface area contributed by atoms with E-state index in [-0.39, 0.29) is 18.0 Å². The SMILES string of the molecule is C/N=C(\C=C(/C)Nc1nc(N2CCCC2c2ccccn2)nc2ccoc12)C(=O)NC1CC1. The molecule has 2 aliphatic rings. The third-order valence-electron chi connectivity index (χ3n) is 5.89. The van der Waals surface area contributed by atoms with Crippen molar-refractivity contribution in [2.45, 2.75) is 44.7 Å². The van der Waals surface area contributed by atoms with E-state index in [9.17, 15) is 4.79 Å². The molecule has 1 aliphatic carbocycles. The van der Waals surface area contributed by atoms with Gasteiger partial charge in [0.05, 0.1) is 18.0 Å². The summed E-state index contributed by atoms with van der Waals surface area (Å²) in [5.41, 5.74) is 3.40. The van der Waals surface area contributed by atoms with Crippen molar-refractivity contribution in [3.63, 3.8) is 0 Å². The van der Waals surface area contributed by atoms with Crippen LogP contribution in [-0.2, 0) is 4.79 Å². The number of pyridine rings is 1. The van der Waals surface area contributed by atoms with E-state index in [1.807, 2.05) is 37.4 Å². The van der Waals surface area contributed by atoms with Crippen LogP contribution in [-0.4, -0.2) is 46.2 Å². The molecule has 3 aromatic rings. The second kappa shape index (κ2) is 9.01. The predicted molar refractivity (Wildman–Crippen MR) is 127 cm³/mol. The van der Waals surface area contributed by atoms with Crippen LogP contribution in [0.15, 0.2) is 57.9 Å². The standard InChI is InChI=1S/C24H27N7O2/c1-15(14-19(25-2)23(32)28-16-8-9-16)27-22-21-18(10-13-33-21)29-24(30-22)31-12-5-7-20(31)17-6-3-4-11-26-17/h3-4,6,10-11,13-14,16,20H,5,7-9,12H2,1-2H3,(H,28,32)(H,27,29,30)/b15-14+,25-19+. The van der Waals surface area contributed by atoms with Crippen LogP contribution in [0.5, 0.6) is 0 Å². The molecule has 1 saturated carbocycles. The van der Waals surface area contributed by atoms with Gasteiger partial charge in [0.15, 0.2) is 11.4 Å². The van der Waals surface area contributed by atoms with E-state index in [1.54, 1.807) is 19.4 Å². The van der Waals surface area contributed by atoms with Gasteiger partial charge in [-0.15, -0.1) is 0 Å². The van der Waals surface area contributed by atoms with Crippen molar-refractivity contribution >= 4 is 34.5 Å². The van der Waals surface area contributed by atoms with Crippen molar-refractivity contribution < 1.29 is 9.21 Å². The number of rotatable bonds is 7. The molecule has 1 saturated heterocycles. The van der Waals surface area contributed by atoms with Crippen molar-refractivity contribution in [2.75, 3.05) is 23.8 Å². The van der Waals surface area contributed by atoms with Gasteiger partial charge in [-0.1, -0.05) is 6.07 Å². The highest BCUT2D eigenvalue weighted by atomic mass is 16.3. The van der Waals surface area contributed by atoms with Crippen molar-refractivity contribution in [1.29, 1.82) is 0 Å². The number of carbonyl (C=O) groups excluding carboxylic acids is 1. The maximum absolute atomic E-state index is 12.4. The highest BCUT2D eigenvalue weighted by Crippen LogP contribution is 2.35. The molecule has 9 nitrogen and oxygen atoms in total. The Balaban J connectivity index is 1.43. The number of nitrogens with zero attached hydrogens (tertiary/aromatic N) is 5. The second-order valence-electron chi connectivity index (χ2n) is 8.42. The number of amides is 1. The number of fused-ring (bicyclic) bond motifs is 1. The molecule has 5 rings (SSSR count). The van der Waals surface area contributed by atoms with E-state index in [0.29, 0.717) is 23.1 Å². The summed E-state index contributed by atoms with van der Waals surface area (Å²) < 4.78 is 5.66. The maximum atomic E-state index is 12.4. The molecule has 33 heavy (non-hydrogen) atoms. The topological polar surface area (TPSA) is 109 Å². The summed E-state index contributed by atoms with van der Waals surface area (Å²) in [5, 5.41) is 6.26. The van der Waals surface area contributed by atoms with E-state index in [4.69, 9.17) is 14.4 Å². The smallest absolute Gasteiger partial charge is 0.269 e. The highest BCUT2D eigenvalue weighted by Gasteiger charge is 2.30. The number of nitrogens with one attached hydrogen (secondary N) is 2. The molecule has 2 N–H and O–H groups in total. The van der Waals surface area contributed by atoms with Crippen LogP contribution in [0.3, 0.4) is 0 Å². The minimum Gasteiger partial charge on any atom is -0.459 e. The molecule has 0 spiro atoms. The van der Waals surface area contributed by atoms with Crippen molar-refractivity contribution in [3.05, 3.63) is 54.2 Å². The van der Waals surface area contributed by atoms with Crippen LogP contribution < -0.4 is 15.5 Å². The molecule has 0 radical (unpaired) electrons. The van der Waals surface area contributed by atoms with Crippen LogP contribution in [0, 0.1) is 0 Å². The molecule has 170 valence electrons. The Bertz CT molecular complexity index is 1210. The van der Waals surface area contributed by atoms with Gasteiger partial charge in [0, 0.05) is 37.6 Å². The van der Waals surface area contributed by atoms with Gasteiger partial charge in [0.2, 0.25) is 5.95 Å². The Morgan fingerprint density at radius 1 is 1.24 bits per heavy atom. The molecule has 0 bridgehead atoms. The van der Waals surface area contributed by atoms with Gasteiger partial charge in [0.1, 0.15) is 11.2 Å². The Morgan fingerprint density at radius 3 is 2.88 bits per heavy atom. The Morgan fingerprint density at radius 2 is 2.12 bits per heavy atom. The monoisotopic (exact) mass is 445 g/mol. The van der Waals surface area contributed by atoms with Crippen molar-refractivity contribution in [1.82, 2.24) is 20.3 Å². The molecular formula is C24H27N7O2. The first-order valence-corrected chi connectivity index (χ1v) is 11.3. The third-order valence-corrected chi connectivity index (χ3v) is 5.89. The van der Waals surface area contributed by atoms with E-state index in [1.165, 1.54) is 0 Å². The molecule has 1 aliphatic heterocycles. The lowest BCUT2D eigenvalue weighted by Crippen LogP contribution is -2.32. The second-order valence-corrected chi connectivity index (χ2v) is 8.42. The first kappa shape index (κ1) is 21.1. The largest absolute Gasteiger partial charge is 0.459 e. The van der Waals surface area contributed by atoms with Crippen LogP contribution in [0.2, 0.25) is 0 Å². The number of furan rings is 1. The first-order chi connectivity index (χ1) is 16.1. The minimum absolute atomic E-state index is 0.130. The summed E-state index contributed by atoms with van der Waals surface area (Å²) in [4.78, 5) is 32.9. The molecular weight excluding hydrogens is 418 g/mol. The number of hydrogen-bond donors (Lipinski definition) is 2. The fourth-order valence-electron chi connectivity index (χ4n) is 4.10. The van der Waals surface area contributed by atoms with Crippen molar-refractivity contribution in [3.8, 4) is 0 Å². The van der Waals surface area contributed by atoms with Crippen LogP contribution in [0.1, 0.15) is 44.3 Å². The lowest BCUT2D eigenvalue weighted by Gasteiger charge is -2.24. The lowest BCUT2D eigenvalue weighted by molar-refractivity contribution is -0.114. The summed E-state index contributed by atoms with van der Waals surface area (Å²) in [7, 11) is 1.62. The minimum atomic E-state index is -0.164. The fourth-order valence-corrected chi connectivity index (χ4v) is 4.10. The number of allylic oxidation sites excluding steroid dienone is 1. The Labute approximate surface area is 192 Å². The molecule has 1 amide bonds. The Hall–Kier alpha value is -3.75. The zero-order valence-corrected chi connectivity index (χ0v) is 18.8. The fraction of sp³-hybridized carbons (Fsp3) is 0.375. The molecule has 4 heterocycles. The zero-order chi connectivity index (χ0) is 22.8. The summed E-state index contributed by atoms with van der Waals surface area (Å²) >= 11 is 0. The van der Waals surface area contributed by atoms with Crippen LogP contribution >= 0.6 is 0 Å². The quantitative estimate of drug-likeness (QED) is 0.535. The summed E-state index contributed by atoms with van der Waals surface area (Å²) in [5.74, 6) is 1.02. The van der Waals surface area contributed by atoms with Crippen LogP contribution in [0.4, 0.5) is 11.8 Å². The highest BCUT2D eigenvalue weighted by molar-refractivity contribution is 6.43. The molecule has 3 aromatic heterocycles. The van der Waals surface area contributed by atoms with Gasteiger partial charge in [0.25, 0.3) is 5.91 Å². The number of aromatic nitrogens is 3. The number of hydrogen-bond acceptors (Lipinski definition) is 8. The summed E-state index contributed by atoms with van der Waals surface area (Å²) in [6.07, 6.45) is 9.25. The van der Waals surface area contributed by atoms with Crippen molar-refractivity contribution in [2.24, 2.45) is 4.99 Å². The van der Waals surface area contributed by atoms with E-state index in [2.05, 4.69) is 25.5 Å². The number of carbonyl (C=O) groups is 1.